The number of aliphatic hydroxyl groups is 1. The van der Waals surface area contributed by atoms with E-state index in [-0.39, 0.29) is 0 Å². The lowest BCUT2D eigenvalue weighted by molar-refractivity contribution is 0.0785. The molecule has 1 rings (SSSR count). The van der Waals surface area contributed by atoms with Gasteiger partial charge in [-0.1, -0.05) is 52.8 Å². The summed E-state index contributed by atoms with van der Waals surface area (Å²) in [6.07, 6.45) is 0. The molecule has 25 heavy (non-hydrogen) atoms. The molecular formula is C21H42N2O2. The molecule has 4 heteroatoms. The molecule has 0 aliphatic heterocycles. The van der Waals surface area contributed by atoms with Crippen molar-refractivity contribution in [2.24, 2.45) is 0 Å². The van der Waals surface area contributed by atoms with Gasteiger partial charge in [0.15, 0.2) is 0 Å². The van der Waals surface area contributed by atoms with Gasteiger partial charge in [-0.3, -0.25) is 4.90 Å². The largest absolute Gasteiger partial charge is 0.496 e. The third-order valence-electron chi connectivity index (χ3n) is 3.68. The van der Waals surface area contributed by atoms with E-state index in [9.17, 15) is 5.11 Å². The number of ether oxygens (including phenoxy) is 1. The molecule has 2 N–H and O–H groups in total. The Balaban J connectivity index is 0. The second kappa shape index (κ2) is 15.2. The quantitative estimate of drug-likeness (QED) is 0.641. The summed E-state index contributed by atoms with van der Waals surface area (Å²) in [4.78, 5) is 2.40. The molecule has 4 nitrogen and oxygen atoms in total. The fourth-order valence-electron chi connectivity index (χ4n) is 2.45. The summed E-state index contributed by atoms with van der Waals surface area (Å²) in [5.41, 5.74) is 0.551. The van der Waals surface area contributed by atoms with Crippen LogP contribution in [0.3, 0.4) is 0 Å². The van der Waals surface area contributed by atoms with Gasteiger partial charge in [0.1, 0.15) is 5.75 Å². The van der Waals surface area contributed by atoms with E-state index in [0.717, 1.165) is 25.4 Å². The zero-order chi connectivity index (χ0) is 19.9. The first kappa shape index (κ1) is 26.1. The highest BCUT2D eigenvalue weighted by molar-refractivity contribution is 5.35. The van der Waals surface area contributed by atoms with Crippen LogP contribution in [0.15, 0.2) is 24.3 Å². The smallest absolute Gasteiger partial charge is 0.123 e. The number of rotatable bonds is 9. The Morgan fingerprint density at radius 1 is 1.16 bits per heavy atom. The molecule has 0 spiro atoms. The lowest BCUT2D eigenvalue weighted by Crippen LogP contribution is -2.40. The van der Waals surface area contributed by atoms with E-state index < -0.39 is 5.60 Å². The minimum absolute atomic E-state index is 0.301. The normalized spacial score (nSPS) is 11.8. The average molecular weight is 355 g/mol. The van der Waals surface area contributed by atoms with Crippen LogP contribution >= 0.6 is 0 Å². The van der Waals surface area contributed by atoms with Gasteiger partial charge in [-0.25, -0.2) is 0 Å². The van der Waals surface area contributed by atoms with Gasteiger partial charge in [-0.2, -0.15) is 0 Å². The average Bonchev–Trinajstić information content (AvgIpc) is 2.63. The molecule has 0 radical (unpaired) electrons. The molecule has 0 bridgehead atoms. The van der Waals surface area contributed by atoms with Crippen LogP contribution in [-0.2, 0) is 0 Å². The van der Waals surface area contributed by atoms with Gasteiger partial charge in [0.2, 0.25) is 0 Å². The summed E-state index contributed by atoms with van der Waals surface area (Å²) >= 11 is 0. The maximum absolute atomic E-state index is 9.70. The Labute approximate surface area is 156 Å². The SMILES string of the molecule is CC.CC.CCN(CCNCC(C)(C)O)[C@@H](C)c1ccccc1OC. The molecule has 0 fully saturated rings. The lowest BCUT2D eigenvalue weighted by atomic mass is 10.1. The van der Waals surface area contributed by atoms with Gasteiger partial charge < -0.3 is 15.2 Å². The van der Waals surface area contributed by atoms with E-state index in [2.05, 4.69) is 36.2 Å². The minimum Gasteiger partial charge on any atom is -0.496 e. The Hall–Kier alpha value is -1.10. The topological polar surface area (TPSA) is 44.7 Å². The van der Waals surface area contributed by atoms with Crippen molar-refractivity contribution < 1.29 is 9.84 Å². The molecule has 0 unspecified atom stereocenters. The van der Waals surface area contributed by atoms with E-state index in [0.29, 0.717) is 12.6 Å². The van der Waals surface area contributed by atoms with Gasteiger partial charge >= 0.3 is 0 Å². The van der Waals surface area contributed by atoms with Crippen LogP contribution in [-0.4, -0.2) is 48.9 Å². The molecule has 0 amide bonds. The molecule has 1 aromatic rings. The number of methoxy groups -OCH3 is 1. The highest BCUT2D eigenvalue weighted by atomic mass is 16.5. The second-order valence-electron chi connectivity index (χ2n) is 6.04. The number of benzene rings is 1. The number of nitrogens with zero attached hydrogens (tertiary/aromatic N) is 1. The second-order valence-corrected chi connectivity index (χ2v) is 6.04. The fourth-order valence-corrected chi connectivity index (χ4v) is 2.45. The van der Waals surface area contributed by atoms with Crippen LogP contribution in [0.2, 0.25) is 0 Å². The number of hydrogen-bond acceptors (Lipinski definition) is 4. The van der Waals surface area contributed by atoms with Crippen LogP contribution in [0.5, 0.6) is 5.75 Å². The Morgan fingerprint density at radius 3 is 2.20 bits per heavy atom. The number of para-hydroxylation sites is 1. The Bertz CT molecular complexity index is 417. The molecule has 0 saturated carbocycles. The zero-order valence-electron chi connectivity index (χ0n) is 18.0. The molecule has 1 atom stereocenters. The third kappa shape index (κ3) is 11.2. The summed E-state index contributed by atoms with van der Waals surface area (Å²) < 4.78 is 5.46. The number of hydrogen-bond donors (Lipinski definition) is 2. The summed E-state index contributed by atoms with van der Waals surface area (Å²) in [5.74, 6) is 0.938. The third-order valence-corrected chi connectivity index (χ3v) is 3.68. The van der Waals surface area contributed by atoms with Crippen LogP contribution in [0.4, 0.5) is 0 Å². The van der Waals surface area contributed by atoms with Crippen molar-refractivity contribution in [3.8, 4) is 5.75 Å². The predicted molar refractivity (Wildman–Crippen MR) is 111 cm³/mol. The van der Waals surface area contributed by atoms with Crippen molar-refractivity contribution in [2.75, 3.05) is 33.3 Å². The van der Waals surface area contributed by atoms with E-state index in [1.165, 1.54) is 5.56 Å². The van der Waals surface area contributed by atoms with Gasteiger partial charge in [-0.05, 0) is 33.4 Å². The minimum atomic E-state index is -0.661. The van der Waals surface area contributed by atoms with Crippen LogP contribution in [0.25, 0.3) is 0 Å². The first-order valence-electron chi connectivity index (χ1n) is 9.69. The number of likely N-dealkylation sites (N-methyl/N-ethyl adjacent to an activating group) is 1. The van der Waals surface area contributed by atoms with Gasteiger partial charge in [-0.15, -0.1) is 0 Å². The maximum atomic E-state index is 9.70. The molecule has 148 valence electrons. The van der Waals surface area contributed by atoms with E-state index in [1.807, 2.05) is 53.7 Å². The lowest BCUT2D eigenvalue weighted by Gasteiger charge is -2.29. The number of nitrogens with one attached hydrogen (secondary N) is 1. The van der Waals surface area contributed by atoms with Crippen molar-refractivity contribution in [1.29, 1.82) is 0 Å². The highest BCUT2D eigenvalue weighted by Gasteiger charge is 2.18. The van der Waals surface area contributed by atoms with Crippen molar-refractivity contribution >= 4 is 0 Å². The van der Waals surface area contributed by atoms with E-state index in [1.54, 1.807) is 7.11 Å². The van der Waals surface area contributed by atoms with Crippen molar-refractivity contribution in [3.63, 3.8) is 0 Å². The van der Waals surface area contributed by atoms with Crippen LogP contribution < -0.4 is 10.1 Å². The highest BCUT2D eigenvalue weighted by Crippen LogP contribution is 2.28. The van der Waals surface area contributed by atoms with Crippen molar-refractivity contribution in [2.45, 2.75) is 67.0 Å². The maximum Gasteiger partial charge on any atom is 0.123 e. The Morgan fingerprint density at radius 2 is 1.72 bits per heavy atom. The molecule has 1 aromatic carbocycles. The van der Waals surface area contributed by atoms with E-state index in [4.69, 9.17) is 4.74 Å². The molecule has 0 aliphatic rings. The van der Waals surface area contributed by atoms with Crippen LogP contribution in [0.1, 0.15) is 67.0 Å². The Kier molecular flexibility index (Phi) is 15.9. The van der Waals surface area contributed by atoms with Gasteiger partial charge in [0.05, 0.1) is 12.7 Å². The summed E-state index contributed by atoms with van der Waals surface area (Å²) in [5, 5.41) is 13.0. The zero-order valence-corrected chi connectivity index (χ0v) is 18.0. The predicted octanol–water partition coefficient (Wildman–Crippen LogP) is 4.49. The van der Waals surface area contributed by atoms with E-state index >= 15 is 0 Å². The van der Waals surface area contributed by atoms with Crippen LogP contribution in [0, 0.1) is 0 Å². The van der Waals surface area contributed by atoms with Crippen molar-refractivity contribution in [3.05, 3.63) is 29.8 Å². The molecule has 0 aliphatic carbocycles. The standard InChI is InChI=1S/C17H30N2O2.2C2H6/c1-6-19(12-11-18-13-17(3,4)20)14(2)15-9-7-8-10-16(15)21-5;2*1-2/h7-10,14,18,20H,6,11-13H2,1-5H3;2*1-2H3/t14-;;/m0../s1. The summed E-state index contributed by atoms with van der Waals surface area (Å²) in [6.45, 7) is 19.4. The fraction of sp³-hybridized carbons (Fsp3) is 0.714. The molecule has 0 aromatic heterocycles. The molecule has 0 heterocycles. The summed E-state index contributed by atoms with van der Waals surface area (Å²) in [7, 11) is 1.72. The van der Waals surface area contributed by atoms with Crippen molar-refractivity contribution in [1.82, 2.24) is 10.2 Å². The van der Waals surface area contributed by atoms with Gasteiger partial charge in [0, 0.05) is 31.2 Å². The van der Waals surface area contributed by atoms with Gasteiger partial charge in [0.25, 0.3) is 0 Å². The molecule has 0 saturated heterocycles. The first-order valence-corrected chi connectivity index (χ1v) is 9.69. The summed E-state index contributed by atoms with van der Waals surface area (Å²) in [6, 6.07) is 8.48. The molecular weight excluding hydrogens is 312 g/mol. The monoisotopic (exact) mass is 354 g/mol. The first-order chi connectivity index (χ1) is 11.9.